The fourth-order valence-corrected chi connectivity index (χ4v) is 12.6. The van der Waals surface area contributed by atoms with Gasteiger partial charge in [0.1, 0.15) is 0 Å². The van der Waals surface area contributed by atoms with Crippen LogP contribution in [0, 0.1) is 0 Å². The van der Waals surface area contributed by atoms with Crippen LogP contribution < -0.4 is 10.4 Å². The lowest BCUT2D eigenvalue weighted by Crippen LogP contribution is -2.37. The molecule has 1 aliphatic heterocycles. The highest BCUT2D eigenvalue weighted by molar-refractivity contribution is 8.33. The molecule has 0 spiro atoms. The molecule has 11 rings (SSSR count). The zero-order valence-electron chi connectivity index (χ0n) is 28.7. The zero-order chi connectivity index (χ0) is 33.8. The highest BCUT2D eigenvalue weighted by Crippen LogP contribution is 2.66. The molecule has 2 atom stereocenters. The average Bonchev–Trinajstić information content (AvgIpc) is 3.41. The summed E-state index contributed by atoms with van der Waals surface area (Å²) in [6.45, 7) is 0. The molecule has 0 nitrogen and oxygen atoms in total. The average molecular weight is 669 g/mol. The van der Waals surface area contributed by atoms with E-state index in [9.17, 15) is 0 Å². The maximum Gasteiger partial charge on any atom is 0.0216 e. The van der Waals surface area contributed by atoms with Crippen LogP contribution in [0.1, 0.15) is 11.5 Å². The maximum atomic E-state index is 2.69. The predicted octanol–water partition coefficient (Wildman–Crippen LogP) is 12.0. The fourth-order valence-electron chi connectivity index (χ4n) is 9.58. The number of fused-ring (bicyclic) bond motifs is 12. The number of benzene rings is 9. The van der Waals surface area contributed by atoms with Crippen molar-refractivity contribution in [2.45, 2.75) is 16.1 Å². The molecule has 2 aliphatic rings. The predicted molar refractivity (Wildman–Crippen MR) is 224 cm³/mol. The summed E-state index contributed by atoms with van der Waals surface area (Å²) in [5.74, 6) is 0.355. The molecular weight excluding hydrogens is 633 g/mol. The molecule has 0 saturated heterocycles. The lowest BCUT2D eigenvalue weighted by atomic mass is 9.82. The highest BCUT2D eigenvalue weighted by Gasteiger charge is 2.42. The first-order valence-corrected chi connectivity index (χ1v) is 20.5. The fraction of sp³-hybridized carbons (Fsp3) is 0.0800. The van der Waals surface area contributed by atoms with Crippen LogP contribution >= 0.6 is 10.0 Å². The monoisotopic (exact) mass is 668 g/mol. The van der Waals surface area contributed by atoms with Crippen LogP contribution in [0.4, 0.5) is 0 Å². The second kappa shape index (κ2) is 10.7. The molecule has 1 heterocycles. The van der Waals surface area contributed by atoms with Crippen LogP contribution in [-0.4, -0.2) is 17.8 Å². The molecule has 0 saturated carbocycles. The minimum absolute atomic E-state index is 0.355. The van der Waals surface area contributed by atoms with Gasteiger partial charge in [-0.15, -0.1) is 0 Å². The van der Waals surface area contributed by atoms with Crippen molar-refractivity contribution < 1.29 is 0 Å². The van der Waals surface area contributed by atoms with E-state index in [1.54, 1.807) is 4.90 Å². The number of rotatable bonds is 2. The van der Waals surface area contributed by atoms with Crippen molar-refractivity contribution >= 4 is 76.0 Å². The summed E-state index contributed by atoms with van der Waals surface area (Å²) in [5, 5.41) is 16.3. The van der Waals surface area contributed by atoms with E-state index in [0.717, 1.165) is 0 Å². The van der Waals surface area contributed by atoms with Gasteiger partial charge in [-0.3, -0.25) is 0 Å². The van der Waals surface area contributed by atoms with E-state index in [4.69, 9.17) is 0 Å². The molecule has 0 radical (unpaired) electrons. The second-order valence-electron chi connectivity index (χ2n) is 14.8. The summed E-state index contributed by atoms with van der Waals surface area (Å²) in [4.78, 5) is 1.56. The maximum absolute atomic E-state index is 2.69. The Kier molecular flexibility index (Phi) is 6.11. The van der Waals surface area contributed by atoms with Gasteiger partial charge in [0.05, 0.1) is 0 Å². The third-order valence-electron chi connectivity index (χ3n) is 11.9. The molecule has 0 N–H and O–H groups in total. The third kappa shape index (κ3) is 4.10. The van der Waals surface area contributed by atoms with E-state index in [1.165, 1.54) is 92.1 Å². The topological polar surface area (TPSA) is 0 Å². The van der Waals surface area contributed by atoms with Gasteiger partial charge in [0.15, 0.2) is 0 Å². The van der Waals surface area contributed by atoms with Crippen molar-refractivity contribution in [3.8, 4) is 22.3 Å². The van der Waals surface area contributed by atoms with E-state index in [1.807, 2.05) is 0 Å². The third-order valence-corrected chi connectivity index (χ3v) is 15.2. The standard InChI is InChI=1S/C50H36S/c1-51(2)47-22-12-11-19-40(47)44-29-45-46(30-48(44)51)49(33-24-23-31-13-3-4-14-32(31)27-33)41-20-9-10-21-42(41)50(45)34-25-26-39-37-17-6-5-15-35(37)36-16-7-8-18-38(36)43(39)28-34/h3-30,44,48H,1-2H3. The molecule has 0 bridgehead atoms. The van der Waals surface area contributed by atoms with Crippen molar-refractivity contribution in [3.63, 3.8) is 0 Å². The summed E-state index contributed by atoms with van der Waals surface area (Å²) < 4.78 is 0. The Labute approximate surface area is 299 Å². The van der Waals surface area contributed by atoms with Gasteiger partial charge in [0.25, 0.3) is 0 Å². The van der Waals surface area contributed by atoms with Gasteiger partial charge in [0, 0.05) is 11.2 Å². The van der Waals surface area contributed by atoms with Gasteiger partial charge >= 0.3 is 0 Å². The first-order chi connectivity index (χ1) is 25.1. The summed E-state index contributed by atoms with van der Waals surface area (Å²) in [7, 11) is -1.07. The number of hydrogen-bond acceptors (Lipinski definition) is 0. The Hall–Kier alpha value is -5.63. The molecule has 0 fully saturated rings. The Morgan fingerprint density at radius 1 is 0.392 bits per heavy atom. The minimum Gasteiger partial charge on any atom is -0.213 e. The van der Waals surface area contributed by atoms with E-state index >= 15 is 0 Å². The van der Waals surface area contributed by atoms with Crippen LogP contribution in [0.25, 0.3) is 88.3 Å². The molecular formula is C50H36S. The van der Waals surface area contributed by atoms with Gasteiger partial charge in [-0.05, 0) is 128 Å². The van der Waals surface area contributed by atoms with Crippen molar-refractivity contribution in [2.75, 3.05) is 12.5 Å². The lowest BCUT2D eigenvalue weighted by molar-refractivity contribution is 0.944. The Bertz CT molecular complexity index is 3040. The SMILES string of the molecule is CS1(C)c2ccccc2C2C=c3c(-c4ccc5c6ccccc6c6ccccc6c5c4)c4ccccc4c(-c4ccc5ccccc5c4)c3=CC21. The molecule has 9 aromatic rings. The smallest absolute Gasteiger partial charge is 0.0216 e. The van der Waals surface area contributed by atoms with E-state index < -0.39 is 10.0 Å². The summed E-state index contributed by atoms with van der Waals surface area (Å²) in [5.41, 5.74) is 6.77. The second-order valence-corrected chi connectivity index (χ2v) is 18.6. The van der Waals surface area contributed by atoms with Crippen LogP contribution in [0.5, 0.6) is 0 Å². The van der Waals surface area contributed by atoms with Crippen molar-refractivity contribution in [1.82, 2.24) is 0 Å². The summed E-state index contributed by atoms with van der Waals surface area (Å²) >= 11 is 0. The number of hydrogen-bond donors (Lipinski definition) is 0. The van der Waals surface area contributed by atoms with Crippen LogP contribution in [0.3, 0.4) is 0 Å². The van der Waals surface area contributed by atoms with Crippen molar-refractivity contribution in [1.29, 1.82) is 0 Å². The molecule has 1 aliphatic carbocycles. The van der Waals surface area contributed by atoms with Gasteiger partial charge < -0.3 is 0 Å². The first-order valence-electron chi connectivity index (χ1n) is 18.0. The van der Waals surface area contributed by atoms with Crippen LogP contribution in [0.15, 0.2) is 163 Å². The van der Waals surface area contributed by atoms with Gasteiger partial charge in [0.2, 0.25) is 0 Å². The minimum atomic E-state index is -1.07. The van der Waals surface area contributed by atoms with E-state index in [-0.39, 0.29) is 0 Å². The molecule has 1 heteroatoms. The molecule has 242 valence electrons. The van der Waals surface area contributed by atoms with Crippen molar-refractivity contribution in [2.24, 2.45) is 0 Å². The summed E-state index contributed by atoms with van der Waals surface area (Å²) in [6, 6.07) is 59.3. The molecule has 0 amide bonds. The van der Waals surface area contributed by atoms with Crippen LogP contribution in [0.2, 0.25) is 0 Å². The molecule has 0 aromatic heterocycles. The zero-order valence-corrected chi connectivity index (χ0v) is 29.5. The molecule has 9 aromatic carbocycles. The Morgan fingerprint density at radius 2 is 0.882 bits per heavy atom. The van der Waals surface area contributed by atoms with E-state index in [0.29, 0.717) is 11.2 Å². The quantitative estimate of drug-likeness (QED) is 0.161. The first kappa shape index (κ1) is 29.1. The Morgan fingerprint density at radius 3 is 1.57 bits per heavy atom. The van der Waals surface area contributed by atoms with Gasteiger partial charge in [-0.2, -0.15) is 0 Å². The largest absolute Gasteiger partial charge is 0.213 e. The van der Waals surface area contributed by atoms with Crippen molar-refractivity contribution in [3.05, 3.63) is 174 Å². The molecule has 51 heavy (non-hydrogen) atoms. The van der Waals surface area contributed by atoms with Gasteiger partial charge in [-0.1, -0.05) is 152 Å². The normalized spacial score (nSPS) is 17.9. The van der Waals surface area contributed by atoms with Crippen LogP contribution in [-0.2, 0) is 0 Å². The van der Waals surface area contributed by atoms with E-state index in [2.05, 4.69) is 182 Å². The summed E-state index contributed by atoms with van der Waals surface area (Å²) in [6.07, 6.45) is 10.4. The molecule has 2 unspecified atom stereocenters. The van der Waals surface area contributed by atoms with Gasteiger partial charge in [-0.25, -0.2) is 10.0 Å². The lowest BCUT2D eigenvalue weighted by Gasteiger charge is -2.36. The highest BCUT2D eigenvalue weighted by atomic mass is 32.3. The Balaban J connectivity index is 1.30.